The van der Waals surface area contributed by atoms with Gasteiger partial charge in [-0.25, -0.2) is 0 Å². The summed E-state index contributed by atoms with van der Waals surface area (Å²) in [7, 11) is 0. The third-order valence-corrected chi connectivity index (χ3v) is 3.83. The highest BCUT2D eigenvalue weighted by atomic mass is 32.2. The fraction of sp³-hybridized carbons (Fsp3) is 0.429. The second kappa shape index (κ2) is 7.84. The second-order valence-corrected chi connectivity index (χ2v) is 5.26. The minimum absolute atomic E-state index is 0.0139. The van der Waals surface area contributed by atoms with E-state index in [2.05, 4.69) is 0 Å². The van der Waals surface area contributed by atoms with Crippen molar-refractivity contribution in [1.82, 2.24) is 0 Å². The molecule has 0 heterocycles. The Morgan fingerprint density at radius 2 is 1.89 bits per heavy atom. The minimum atomic E-state index is -0.849. The summed E-state index contributed by atoms with van der Waals surface area (Å²) in [6.07, 6.45) is 0.709. The van der Waals surface area contributed by atoms with Gasteiger partial charge in [0, 0.05) is 4.90 Å². The van der Waals surface area contributed by atoms with Crippen molar-refractivity contribution in [2.45, 2.75) is 36.8 Å². The molecule has 0 aliphatic carbocycles. The number of carboxylic acid groups (broad SMARTS) is 1. The van der Waals surface area contributed by atoms with Crippen LogP contribution in [0.2, 0.25) is 0 Å². The lowest BCUT2D eigenvalue weighted by molar-refractivity contribution is -0.142. The van der Waals surface area contributed by atoms with E-state index in [1.165, 1.54) is 11.8 Å². The molecular formula is C14H18O4S. The van der Waals surface area contributed by atoms with E-state index < -0.39 is 5.97 Å². The molecule has 1 rings (SSSR count). The van der Waals surface area contributed by atoms with Crippen molar-refractivity contribution in [2.75, 3.05) is 6.61 Å². The molecule has 1 atom stereocenters. The molecule has 0 radical (unpaired) electrons. The summed E-state index contributed by atoms with van der Waals surface area (Å²) in [6.45, 7) is 4.11. The highest BCUT2D eigenvalue weighted by molar-refractivity contribution is 8.00. The first-order chi connectivity index (χ1) is 9.06. The number of benzene rings is 1. The molecule has 0 aliphatic heterocycles. The van der Waals surface area contributed by atoms with Gasteiger partial charge in [-0.1, -0.05) is 19.1 Å². The van der Waals surface area contributed by atoms with Crippen LogP contribution in [0.15, 0.2) is 29.2 Å². The first-order valence-corrected chi connectivity index (χ1v) is 7.08. The molecule has 5 heteroatoms. The Balaban J connectivity index is 2.65. The van der Waals surface area contributed by atoms with E-state index in [-0.39, 0.29) is 17.6 Å². The van der Waals surface area contributed by atoms with Crippen molar-refractivity contribution in [3.05, 3.63) is 29.8 Å². The zero-order valence-electron chi connectivity index (χ0n) is 11.1. The molecule has 1 N–H and O–H groups in total. The number of esters is 1. The number of carbonyl (C=O) groups excluding carboxylic acids is 1. The maximum absolute atomic E-state index is 11.7. The van der Waals surface area contributed by atoms with Crippen LogP contribution >= 0.6 is 11.8 Å². The molecular weight excluding hydrogens is 264 g/mol. The highest BCUT2D eigenvalue weighted by Gasteiger charge is 2.18. The van der Waals surface area contributed by atoms with E-state index in [1.807, 2.05) is 19.1 Å². The molecule has 4 nitrogen and oxygen atoms in total. The van der Waals surface area contributed by atoms with Gasteiger partial charge in [0.1, 0.15) is 5.25 Å². The first-order valence-electron chi connectivity index (χ1n) is 6.20. The molecule has 0 fully saturated rings. The van der Waals surface area contributed by atoms with Crippen LogP contribution in [-0.4, -0.2) is 28.9 Å². The Labute approximate surface area is 117 Å². The van der Waals surface area contributed by atoms with Crippen LogP contribution in [0.3, 0.4) is 0 Å². The third kappa shape index (κ3) is 5.34. The molecule has 0 aliphatic rings. The Morgan fingerprint density at radius 3 is 2.37 bits per heavy atom. The predicted octanol–water partition coefficient (Wildman–Crippen LogP) is 2.75. The van der Waals surface area contributed by atoms with E-state index in [9.17, 15) is 9.59 Å². The minimum Gasteiger partial charge on any atom is -0.481 e. The fourth-order valence-corrected chi connectivity index (χ4v) is 2.51. The Bertz CT molecular complexity index is 428. The van der Waals surface area contributed by atoms with Crippen molar-refractivity contribution in [3.63, 3.8) is 0 Å². The van der Waals surface area contributed by atoms with Crippen LogP contribution in [0.5, 0.6) is 0 Å². The van der Waals surface area contributed by atoms with E-state index in [4.69, 9.17) is 9.84 Å². The lowest BCUT2D eigenvalue weighted by Crippen LogP contribution is -2.19. The summed E-state index contributed by atoms with van der Waals surface area (Å²) in [6, 6.07) is 7.22. The zero-order valence-corrected chi connectivity index (χ0v) is 11.9. The molecule has 0 saturated carbocycles. The number of rotatable bonds is 7. The van der Waals surface area contributed by atoms with Gasteiger partial charge in [-0.05, 0) is 31.0 Å². The standard InChI is InChI=1S/C14H18O4S/c1-3-12(14(17)18-4-2)19-11-7-5-10(6-8-11)9-13(15)16/h5-8,12H,3-4,9H2,1-2H3,(H,15,16). The van der Waals surface area contributed by atoms with Crippen molar-refractivity contribution in [3.8, 4) is 0 Å². The predicted molar refractivity (Wildman–Crippen MR) is 74.4 cm³/mol. The molecule has 1 aromatic rings. The molecule has 0 saturated heterocycles. The van der Waals surface area contributed by atoms with Gasteiger partial charge < -0.3 is 9.84 Å². The molecule has 0 amide bonds. The number of carboxylic acids is 1. The van der Waals surface area contributed by atoms with Crippen molar-refractivity contribution in [2.24, 2.45) is 0 Å². The van der Waals surface area contributed by atoms with E-state index in [1.54, 1.807) is 19.1 Å². The summed E-state index contributed by atoms with van der Waals surface area (Å²) >= 11 is 1.44. The number of ether oxygens (including phenoxy) is 1. The quantitative estimate of drug-likeness (QED) is 0.615. The SMILES string of the molecule is CCOC(=O)C(CC)Sc1ccc(CC(=O)O)cc1. The third-order valence-electron chi connectivity index (χ3n) is 2.48. The molecule has 19 heavy (non-hydrogen) atoms. The van der Waals surface area contributed by atoms with Crippen LogP contribution in [0.4, 0.5) is 0 Å². The molecule has 0 spiro atoms. The van der Waals surface area contributed by atoms with Gasteiger partial charge in [0.15, 0.2) is 0 Å². The number of thioether (sulfide) groups is 1. The number of hydrogen-bond acceptors (Lipinski definition) is 4. The monoisotopic (exact) mass is 282 g/mol. The van der Waals surface area contributed by atoms with Gasteiger partial charge in [0.2, 0.25) is 0 Å². The summed E-state index contributed by atoms with van der Waals surface area (Å²) in [5.41, 5.74) is 0.751. The maximum atomic E-state index is 11.7. The average Bonchev–Trinajstić information content (AvgIpc) is 2.37. The first kappa shape index (κ1) is 15.6. The Hall–Kier alpha value is -1.49. The lowest BCUT2D eigenvalue weighted by Gasteiger charge is -2.13. The van der Waals surface area contributed by atoms with Gasteiger partial charge in [-0.15, -0.1) is 11.8 Å². The number of hydrogen-bond donors (Lipinski definition) is 1. The fourth-order valence-electron chi connectivity index (χ4n) is 1.56. The van der Waals surface area contributed by atoms with Crippen LogP contribution in [0.1, 0.15) is 25.8 Å². The second-order valence-electron chi connectivity index (χ2n) is 3.98. The normalized spacial score (nSPS) is 11.9. The topological polar surface area (TPSA) is 63.6 Å². The maximum Gasteiger partial charge on any atom is 0.319 e. The Kier molecular flexibility index (Phi) is 6.42. The van der Waals surface area contributed by atoms with Crippen LogP contribution in [-0.2, 0) is 20.7 Å². The van der Waals surface area contributed by atoms with Crippen LogP contribution in [0.25, 0.3) is 0 Å². The molecule has 0 bridgehead atoms. The summed E-state index contributed by atoms with van der Waals surface area (Å²) < 4.78 is 5.01. The molecule has 104 valence electrons. The van der Waals surface area contributed by atoms with E-state index >= 15 is 0 Å². The van der Waals surface area contributed by atoms with Crippen LogP contribution in [0, 0.1) is 0 Å². The zero-order chi connectivity index (χ0) is 14.3. The smallest absolute Gasteiger partial charge is 0.319 e. The molecule has 0 aromatic heterocycles. The summed E-state index contributed by atoms with van der Waals surface area (Å²) in [5.74, 6) is -1.05. The average molecular weight is 282 g/mol. The number of aliphatic carboxylic acids is 1. The summed E-state index contributed by atoms with van der Waals surface area (Å²) in [4.78, 5) is 23.2. The Morgan fingerprint density at radius 1 is 1.26 bits per heavy atom. The van der Waals surface area contributed by atoms with E-state index in [0.29, 0.717) is 13.0 Å². The lowest BCUT2D eigenvalue weighted by atomic mass is 10.2. The van der Waals surface area contributed by atoms with Gasteiger partial charge >= 0.3 is 11.9 Å². The summed E-state index contributed by atoms with van der Waals surface area (Å²) in [5, 5.41) is 8.47. The highest BCUT2D eigenvalue weighted by Crippen LogP contribution is 2.26. The van der Waals surface area contributed by atoms with Gasteiger partial charge in [-0.3, -0.25) is 9.59 Å². The van der Waals surface area contributed by atoms with Crippen molar-refractivity contribution >= 4 is 23.7 Å². The van der Waals surface area contributed by atoms with Gasteiger partial charge in [-0.2, -0.15) is 0 Å². The number of carbonyl (C=O) groups is 2. The largest absolute Gasteiger partial charge is 0.481 e. The molecule has 1 aromatic carbocycles. The van der Waals surface area contributed by atoms with E-state index in [0.717, 1.165) is 10.5 Å². The van der Waals surface area contributed by atoms with Gasteiger partial charge in [0.25, 0.3) is 0 Å². The van der Waals surface area contributed by atoms with Gasteiger partial charge in [0.05, 0.1) is 13.0 Å². The van der Waals surface area contributed by atoms with Crippen molar-refractivity contribution in [1.29, 1.82) is 0 Å². The van der Waals surface area contributed by atoms with Crippen molar-refractivity contribution < 1.29 is 19.4 Å². The molecule has 1 unspecified atom stereocenters. The van der Waals surface area contributed by atoms with Crippen LogP contribution < -0.4 is 0 Å².